The number of fused-ring (bicyclic) bond motifs is 1. The summed E-state index contributed by atoms with van der Waals surface area (Å²) in [4.78, 5) is 162. The van der Waals surface area contributed by atoms with Gasteiger partial charge in [-0.1, -0.05) is 87.4 Å². The number of aliphatic carboxylic acids is 3. The average molecular weight is 1370 g/mol. The van der Waals surface area contributed by atoms with E-state index in [1.165, 1.54) is 24.1 Å². The van der Waals surface area contributed by atoms with Gasteiger partial charge in [0, 0.05) is 115 Å². The SMILES string of the molecule is CC(C)[C@@H]1NC(=O)[C@H](CCCCN)NC(=O)[C@@H](Cc2c[nH]c3ccccc23)NC(=O)[C@H](Cc2ccc(O)cc2)NC(=O)[C@H](CCCC(=O)NCCCCCCNC(=O)CN2CCN(CC(=O)O)CCN(CC(=O)O)CCN(CC(=O)O)CC2)N(C)C(=O)[C@H](Cc2ccccc2)NC1=O. The van der Waals surface area contributed by atoms with Gasteiger partial charge in [0.1, 0.15) is 42.0 Å². The molecule has 536 valence electrons. The van der Waals surface area contributed by atoms with Crippen LogP contribution < -0.4 is 43.0 Å². The van der Waals surface area contributed by atoms with E-state index in [2.05, 4.69) is 42.2 Å². The summed E-state index contributed by atoms with van der Waals surface area (Å²) in [5.74, 6) is -8.66. The molecule has 8 amide bonds. The quantitative estimate of drug-likeness (QED) is 0.0314. The van der Waals surface area contributed by atoms with Crippen molar-refractivity contribution in [2.45, 2.75) is 134 Å². The zero-order chi connectivity index (χ0) is 71.1. The number of carboxylic acids is 3. The number of benzene rings is 3. The number of hydrogen-bond acceptors (Lipinski definition) is 17. The van der Waals surface area contributed by atoms with Crippen LogP contribution in [0.25, 0.3) is 10.9 Å². The number of H-pyrrole nitrogens is 1. The second-order valence-corrected chi connectivity index (χ2v) is 25.6. The predicted molar refractivity (Wildman–Crippen MR) is 365 cm³/mol. The molecule has 0 saturated carbocycles. The first-order chi connectivity index (χ1) is 47.0. The van der Waals surface area contributed by atoms with Crippen molar-refractivity contribution in [3.05, 3.63) is 102 Å². The van der Waals surface area contributed by atoms with E-state index in [9.17, 15) is 58.8 Å². The number of nitrogens with one attached hydrogen (secondary N) is 8. The van der Waals surface area contributed by atoms with Gasteiger partial charge in [-0.05, 0) is 92.3 Å². The molecular formula is C69H100N14O15. The van der Waals surface area contributed by atoms with Gasteiger partial charge in [-0.2, -0.15) is 0 Å². The molecule has 0 spiro atoms. The standard InChI is InChI=1S/C69H100N14O15/c1-46(2)63-68(97)77-56(39-47-16-7-6-8-17-47)69(98)79(3)57(21-15-22-58(85)71-28-13-4-5-14-29-72-59(86)42-80-30-32-81(43-60(87)88)34-36-83(45-62(91)92)37-35-82(33-31-80)44-61(89)90)67(96)76-54(38-48-23-25-50(84)26-24-48)65(94)75-55(40-49-41-73-52-19-10-9-18-51(49)52)66(95)74-53(64(93)78-63)20-11-12-27-70/h6-10,16-19,23-26,41,46,53-57,63,73,84H,4-5,11-15,20-22,27-40,42-45,70H2,1-3H3,(H,71,85)(H,72,86)(H,74,95)(H,75,94)(H,76,96)(H,77,97)(H,78,93)(H,87,88)(H,89,90)(H,91,92)/t53-,54-,55+,56-,57-,63-/m0/s1. The van der Waals surface area contributed by atoms with Gasteiger partial charge < -0.3 is 73.3 Å². The summed E-state index contributed by atoms with van der Waals surface area (Å²) in [5, 5.41) is 59.8. The zero-order valence-corrected chi connectivity index (χ0v) is 56.5. The van der Waals surface area contributed by atoms with Crippen molar-refractivity contribution in [2.24, 2.45) is 11.7 Å². The maximum atomic E-state index is 15.2. The predicted octanol–water partition coefficient (Wildman–Crippen LogP) is 0.389. The Morgan fingerprint density at radius 1 is 0.510 bits per heavy atom. The lowest BCUT2D eigenvalue weighted by molar-refractivity contribution is -0.143. The Bertz CT molecular complexity index is 3250. The van der Waals surface area contributed by atoms with Crippen LogP contribution in [0.2, 0.25) is 0 Å². The van der Waals surface area contributed by atoms with E-state index in [1.807, 2.05) is 29.2 Å². The van der Waals surface area contributed by atoms with Crippen molar-refractivity contribution in [3.8, 4) is 5.75 Å². The van der Waals surface area contributed by atoms with E-state index in [-0.39, 0.29) is 128 Å². The van der Waals surface area contributed by atoms with Crippen molar-refractivity contribution in [1.82, 2.24) is 66.7 Å². The fraction of sp³-hybridized carbons (Fsp3) is 0.551. The highest BCUT2D eigenvalue weighted by atomic mass is 16.4. The Labute approximate surface area is 571 Å². The van der Waals surface area contributed by atoms with Gasteiger partial charge in [-0.25, -0.2) is 0 Å². The lowest BCUT2D eigenvalue weighted by atomic mass is 9.98. The molecule has 29 heteroatoms. The number of rotatable bonds is 30. The number of aromatic nitrogens is 1. The first-order valence-electron chi connectivity index (χ1n) is 33.9. The summed E-state index contributed by atoms with van der Waals surface area (Å²) < 4.78 is 0. The summed E-state index contributed by atoms with van der Waals surface area (Å²) in [6, 6.07) is 14.5. The molecule has 3 aromatic carbocycles. The fourth-order valence-corrected chi connectivity index (χ4v) is 12.0. The van der Waals surface area contributed by atoms with E-state index in [0.717, 1.165) is 10.9 Å². The smallest absolute Gasteiger partial charge is 0.317 e. The Morgan fingerprint density at radius 3 is 1.55 bits per heavy atom. The molecule has 2 aliphatic rings. The van der Waals surface area contributed by atoms with E-state index in [1.54, 1.807) is 77.2 Å². The van der Waals surface area contributed by atoms with Gasteiger partial charge in [-0.3, -0.25) is 72.3 Å². The minimum absolute atomic E-state index is 0.0178. The van der Waals surface area contributed by atoms with Crippen molar-refractivity contribution < 1.29 is 73.2 Å². The highest BCUT2D eigenvalue weighted by Crippen LogP contribution is 2.22. The number of hydrogen-bond donors (Lipinski definition) is 13. The van der Waals surface area contributed by atoms with Crippen LogP contribution in [-0.2, 0) is 72.0 Å². The molecule has 0 unspecified atom stereocenters. The minimum atomic E-state index is -1.41. The largest absolute Gasteiger partial charge is 0.508 e. The van der Waals surface area contributed by atoms with Gasteiger partial charge >= 0.3 is 17.9 Å². The second-order valence-electron chi connectivity index (χ2n) is 25.6. The number of aromatic hydroxyl groups is 1. The molecule has 2 aliphatic heterocycles. The molecule has 29 nitrogen and oxygen atoms in total. The number of phenols is 1. The van der Waals surface area contributed by atoms with Crippen LogP contribution in [0.5, 0.6) is 5.75 Å². The molecular weight excluding hydrogens is 1260 g/mol. The Hall–Kier alpha value is -9.03. The fourth-order valence-electron chi connectivity index (χ4n) is 12.0. The van der Waals surface area contributed by atoms with Crippen LogP contribution in [-0.4, -0.2) is 257 Å². The van der Waals surface area contributed by atoms with Crippen LogP contribution in [0.4, 0.5) is 0 Å². The molecule has 98 heavy (non-hydrogen) atoms. The van der Waals surface area contributed by atoms with Gasteiger partial charge in [0.05, 0.1) is 26.2 Å². The third-order valence-corrected chi connectivity index (χ3v) is 17.6. The molecule has 3 heterocycles. The number of likely N-dealkylation sites (N-methyl/N-ethyl adjacent to an activating group) is 1. The summed E-state index contributed by atoms with van der Waals surface area (Å²) in [7, 11) is 1.41. The molecule has 6 rings (SSSR count). The Morgan fingerprint density at radius 2 is 0.990 bits per heavy atom. The molecule has 14 N–H and O–H groups in total. The third-order valence-electron chi connectivity index (χ3n) is 17.6. The lowest BCUT2D eigenvalue weighted by Gasteiger charge is -2.34. The summed E-state index contributed by atoms with van der Waals surface area (Å²) in [6.45, 7) is 5.73. The van der Waals surface area contributed by atoms with Crippen molar-refractivity contribution in [1.29, 1.82) is 0 Å². The molecule has 0 aliphatic carbocycles. The summed E-state index contributed by atoms with van der Waals surface area (Å²) in [5.41, 5.74) is 8.48. The first-order valence-corrected chi connectivity index (χ1v) is 33.9. The number of unbranched alkanes of at least 4 members (excludes halogenated alkanes) is 4. The molecule has 4 aromatic rings. The number of nitrogens with zero attached hydrogens (tertiary/aromatic N) is 5. The van der Waals surface area contributed by atoms with Crippen LogP contribution in [0.1, 0.15) is 94.7 Å². The summed E-state index contributed by atoms with van der Waals surface area (Å²) in [6.07, 6.45) is 5.10. The number of carbonyl (C=O) groups excluding carboxylic acids is 8. The maximum Gasteiger partial charge on any atom is 0.317 e. The zero-order valence-electron chi connectivity index (χ0n) is 56.5. The number of phenolic OH excluding ortho intramolecular Hbond substituents is 1. The Kier molecular flexibility index (Phi) is 32.3. The number of aromatic amines is 1. The number of para-hydroxylation sites is 1. The van der Waals surface area contributed by atoms with Gasteiger partial charge in [0.15, 0.2) is 0 Å². The van der Waals surface area contributed by atoms with Crippen molar-refractivity contribution in [2.75, 3.05) is 105 Å². The molecule has 2 saturated heterocycles. The number of nitrogens with two attached hydrogens (primary N) is 1. The van der Waals surface area contributed by atoms with Crippen LogP contribution in [0.15, 0.2) is 85.1 Å². The van der Waals surface area contributed by atoms with Crippen molar-refractivity contribution >= 4 is 76.1 Å². The lowest BCUT2D eigenvalue weighted by Crippen LogP contribution is -2.62. The molecule has 2 fully saturated rings. The van der Waals surface area contributed by atoms with Crippen molar-refractivity contribution in [3.63, 3.8) is 0 Å². The third kappa shape index (κ3) is 26.8. The molecule has 6 atom stereocenters. The molecule has 0 bridgehead atoms. The Balaban J connectivity index is 1.14. The highest BCUT2D eigenvalue weighted by Gasteiger charge is 2.39. The normalized spacial score (nSPS) is 20.7. The number of amides is 8. The van der Waals surface area contributed by atoms with Crippen LogP contribution >= 0.6 is 0 Å². The molecule has 1 aromatic heterocycles. The van der Waals surface area contributed by atoms with Gasteiger partial charge in [-0.15, -0.1) is 0 Å². The average Bonchev–Trinajstić information content (AvgIpc) is 1.49. The van der Waals surface area contributed by atoms with E-state index in [4.69, 9.17) is 5.73 Å². The number of carbonyl (C=O) groups is 11. The maximum absolute atomic E-state index is 15.2. The van der Waals surface area contributed by atoms with Crippen LogP contribution in [0.3, 0.4) is 0 Å². The van der Waals surface area contributed by atoms with E-state index in [0.29, 0.717) is 87.9 Å². The summed E-state index contributed by atoms with van der Waals surface area (Å²) >= 11 is 0. The van der Waals surface area contributed by atoms with E-state index >= 15 is 14.4 Å². The first kappa shape index (κ1) is 78.0. The highest BCUT2D eigenvalue weighted by molar-refractivity contribution is 5.99. The monoisotopic (exact) mass is 1360 g/mol. The van der Waals surface area contributed by atoms with Crippen LogP contribution in [0, 0.1) is 5.92 Å². The topological polar surface area (TPSA) is 411 Å². The minimum Gasteiger partial charge on any atom is -0.508 e. The van der Waals surface area contributed by atoms with Gasteiger partial charge in [0.25, 0.3) is 0 Å². The second kappa shape index (κ2) is 40.6. The van der Waals surface area contributed by atoms with E-state index < -0.39 is 95.5 Å². The number of carboxylic acid groups (broad SMARTS) is 3. The molecule has 0 radical (unpaired) electrons. The van der Waals surface area contributed by atoms with Gasteiger partial charge in [0.2, 0.25) is 47.3 Å².